The zero-order valence-electron chi connectivity index (χ0n) is 15.6. The van der Waals surface area contributed by atoms with E-state index in [0.717, 1.165) is 31.4 Å². The van der Waals surface area contributed by atoms with Crippen LogP contribution in [-0.4, -0.2) is 36.7 Å². The van der Waals surface area contributed by atoms with Crippen molar-refractivity contribution in [3.05, 3.63) is 40.9 Å². The summed E-state index contributed by atoms with van der Waals surface area (Å²) in [5, 5.41) is 5.25. The number of nitrogens with one attached hydrogen (secondary N) is 1. The summed E-state index contributed by atoms with van der Waals surface area (Å²) in [5.41, 5.74) is 1.35. The predicted molar refractivity (Wildman–Crippen MR) is 108 cm³/mol. The first-order valence-corrected chi connectivity index (χ1v) is 11.6. The zero-order valence-corrected chi connectivity index (χ0v) is 17.3. The molecule has 3 rings (SSSR count). The maximum atomic E-state index is 12.8. The van der Waals surface area contributed by atoms with Gasteiger partial charge in [-0.05, 0) is 43.0 Å². The maximum absolute atomic E-state index is 12.8. The van der Waals surface area contributed by atoms with E-state index in [4.69, 9.17) is 0 Å². The summed E-state index contributed by atoms with van der Waals surface area (Å²) in [4.78, 5) is 17.0. The van der Waals surface area contributed by atoms with Crippen molar-refractivity contribution in [2.75, 3.05) is 18.4 Å². The lowest BCUT2D eigenvalue weighted by atomic mass is 10.2. The minimum Gasteiger partial charge on any atom is -0.298 e. The van der Waals surface area contributed by atoms with E-state index in [9.17, 15) is 13.2 Å². The van der Waals surface area contributed by atoms with Gasteiger partial charge in [-0.15, -0.1) is 11.3 Å². The first kappa shape index (κ1) is 20.0. The lowest BCUT2D eigenvalue weighted by molar-refractivity contribution is 0.102. The van der Waals surface area contributed by atoms with E-state index in [2.05, 4.69) is 10.3 Å². The van der Waals surface area contributed by atoms with Crippen LogP contribution in [0.15, 0.2) is 34.5 Å². The van der Waals surface area contributed by atoms with E-state index < -0.39 is 10.0 Å². The van der Waals surface area contributed by atoms with Crippen LogP contribution >= 0.6 is 11.3 Å². The molecule has 1 aromatic carbocycles. The van der Waals surface area contributed by atoms with E-state index in [1.807, 2.05) is 19.2 Å². The molecule has 27 heavy (non-hydrogen) atoms. The molecule has 2 heterocycles. The predicted octanol–water partition coefficient (Wildman–Crippen LogP) is 4.08. The van der Waals surface area contributed by atoms with Gasteiger partial charge < -0.3 is 0 Å². The van der Waals surface area contributed by atoms with Crippen LogP contribution in [0.5, 0.6) is 0 Å². The quantitative estimate of drug-likeness (QED) is 0.810. The van der Waals surface area contributed by atoms with Crippen LogP contribution < -0.4 is 5.32 Å². The molecule has 1 aromatic heterocycles. The largest absolute Gasteiger partial charge is 0.298 e. The topological polar surface area (TPSA) is 79.4 Å². The summed E-state index contributed by atoms with van der Waals surface area (Å²) in [6, 6.07) is 6.13. The van der Waals surface area contributed by atoms with E-state index in [1.165, 1.54) is 23.5 Å². The number of hydrogen-bond acceptors (Lipinski definition) is 5. The fraction of sp³-hybridized carbons (Fsp3) is 0.474. The molecule has 8 heteroatoms. The summed E-state index contributed by atoms with van der Waals surface area (Å²) in [6.07, 6.45) is 3.93. The number of carbonyl (C=O) groups excluding carboxylic acids is 1. The van der Waals surface area contributed by atoms with Crippen molar-refractivity contribution in [2.24, 2.45) is 0 Å². The first-order valence-electron chi connectivity index (χ1n) is 9.25. The number of rotatable bonds is 5. The SMILES string of the molecule is CC(C)c1csc(NC(=O)c2ccc(S(=O)(=O)N3CCCCCC3)cc2)n1. The van der Waals surface area contributed by atoms with Gasteiger partial charge in [0.05, 0.1) is 10.6 Å². The lowest BCUT2D eigenvalue weighted by Gasteiger charge is -2.20. The third kappa shape index (κ3) is 4.75. The van der Waals surface area contributed by atoms with E-state index in [1.54, 1.807) is 16.4 Å². The third-order valence-electron chi connectivity index (χ3n) is 4.65. The molecule has 1 amide bonds. The smallest absolute Gasteiger partial charge is 0.257 e. The second-order valence-electron chi connectivity index (χ2n) is 7.03. The van der Waals surface area contributed by atoms with Gasteiger partial charge >= 0.3 is 0 Å². The maximum Gasteiger partial charge on any atom is 0.257 e. The Labute approximate surface area is 164 Å². The number of anilines is 1. The van der Waals surface area contributed by atoms with Crippen LogP contribution in [0.4, 0.5) is 5.13 Å². The van der Waals surface area contributed by atoms with Crippen LogP contribution in [0, 0.1) is 0 Å². The van der Waals surface area contributed by atoms with Crippen molar-refractivity contribution in [2.45, 2.75) is 50.3 Å². The van der Waals surface area contributed by atoms with Crippen LogP contribution in [0.25, 0.3) is 0 Å². The second kappa shape index (κ2) is 8.50. The van der Waals surface area contributed by atoms with Gasteiger partial charge in [-0.1, -0.05) is 26.7 Å². The monoisotopic (exact) mass is 407 g/mol. The molecule has 0 atom stereocenters. The number of hydrogen-bond donors (Lipinski definition) is 1. The van der Waals surface area contributed by atoms with Gasteiger partial charge in [-0.2, -0.15) is 4.31 Å². The van der Waals surface area contributed by atoms with Crippen molar-refractivity contribution < 1.29 is 13.2 Å². The summed E-state index contributed by atoms with van der Waals surface area (Å²) in [6.45, 7) is 5.22. The highest BCUT2D eigenvalue weighted by molar-refractivity contribution is 7.89. The Kier molecular flexibility index (Phi) is 6.29. The van der Waals surface area contributed by atoms with E-state index >= 15 is 0 Å². The molecular weight excluding hydrogens is 382 g/mol. The molecule has 146 valence electrons. The van der Waals surface area contributed by atoms with Gasteiger partial charge in [-0.25, -0.2) is 13.4 Å². The Bertz CT molecular complexity index is 881. The van der Waals surface area contributed by atoms with Gasteiger partial charge in [0.25, 0.3) is 5.91 Å². The van der Waals surface area contributed by atoms with Gasteiger partial charge in [0.2, 0.25) is 10.0 Å². The fourth-order valence-corrected chi connectivity index (χ4v) is 5.37. The van der Waals surface area contributed by atoms with Crippen LogP contribution in [-0.2, 0) is 10.0 Å². The molecule has 2 aromatic rings. The number of carbonyl (C=O) groups is 1. The molecule has 0 bridgehead atoms. The molecule has 6 nitrogen and oxygen atoms in total. The van der Waals surface area contributed by atoms with Crippen molar-refractivity contribution in [3.63, 3.8) is 0 Å². The average Bonchev–Trinajstić information content (AvgIpc) is 2.94. The van der Waals surface area contributed by atoms with Crippen molar-refractivity contribution in [1.82, 2.24) is 9.29 Å². The molecule has 1 saturated heterocycles. The Morgan fingerprint density at radius 2 is 1.74 bits per heavy atom. The summed E-state index contributed by atoms with van der Waals surface area (Å²) < 4.78 is 27.1. The molecule has 1 aliphatic rings. The van der Waals surface area contributed by atoms with Crippen molar-refractivity contribution in [3.8, 4) is 0 Å². The standard InChI is InChI=1S/C19H25N3O3S2/c1-14(2)17-13-26-19(20-17)21-18(23)15-7-9-16(10-8-15)27(24,25)22-11-5-3-4-6-12-22/h7-10,13-14H,3-6,11-12H2,1-2H3,(H,20,21,23). The molecule has 0 aliphatic carbocycles. The van der Waals surface area contributed by atoms with E-state index in [-0.39, 0.29) is 10.8 Å². The summed E-state index contributed by atoms with van der Waals surface area (Å²) in [7, 11) is -3.50. The molecule has 1 fully saturated rings. The lowest BCUT2D eigenvalue weighted by Crippen LogP contribution is -2.31. The number of aromatic nitrogens is 1. The molecule has 0 spiro atoms. The number of benzene rings is 1. The average molecular weight is 408 g/mol. The highest BCUT2D eigenvalue weighted by Gasteiger charge is 2.25. The Balaban J connectivity index is 1.71. The third-order valence-corrected chi connectivity index (χ3v) is 7.34. The summed E-state index contributed by atoms with van der Waals surface area (Å²) in [5.74, 6) is 0.00811. The molecular formula is C19H25N3O3S2. The van der Waals surface area contributed by atoms with Crippen LogP contribution in [0.3, 0.4) is 0 Å². The number of amides is 1. The Morgan fingerprint density at radius 1 is 1.11 bits per heavy atom. The molecule has 1 aliphatic heterocycles. The van der Waals surface area contributed by atoms with Gasteiger partial charge in [0.1, 0.15) is 0 Å². The Morgan fingerprint density at radius 3 is 2.30 bits per heavy atom. The molecule has 0 radical (unpaired) electrons. The second-order valence-corrected chi connectivity index (χ2v) is 9.83. The van der Waals surface area contributed by atoms with Gasteiger partial charge in [0, 0.05) is 24.0 Å². The zero-order chi connectivity index (χ0) is 19.4. The van der Waals surface area contributed by atoms with Gasteiger partial charge in [-0.3, -0.25) is 10.1 Å². The number of nitrogens with zero attached hydrogens (tertiary/aromatic N) is 2. The van der Waals surface area contributed by atoms with E-state index in [0.29, 0.717) is 29.7 Å². The number of sulfonamides is 1. The molecule has 0 unspecified atom stereocenters. The fourth-order valence-electron chi connectivity index (χ4n) is 2.99. The van der Waals surface area contributed by atoms with Crippen molar-refractivity contribution >= 4 is 32.4 Å². The minimum absolute atomic E-state index is 0.234. The minimum atomic E-state index is -3.50. The Hall–Kier alpha value is -1.77. The van der Waals surface area contributed by atoms with Crippen LogP contribution in [0.1, 0.15) is 61.5 Å². The van der Waals surface area contributed by atoms with Crippen molar-refractivity contribution in [1.29, 1.82) is 0 Å². The van der Waals surface area contributed by atoms with Crippen LogP contribution in [0.2, 0.25) is 0 Å². The van der Waals surface area contributed by atoms with Gasteiger partial charge in [0.15, 0.2) is 5.13 Å². The highest BCUT2D eigenvalue weighted by atomic mass is 32.2. The normalized spacial score (nSPS) is 16.3. The molecule has 1 N–H and O–H groups in total. The number of thiazole rings is 1. The molecule has 0 saturated carbocycles. The first-order chi connectivity index (χ1) is 12.9. The summed E-state index contributed by atoms with van der Waals surface area (Å²) >= 11 is 1.38. The highest BCUT2D eigenvalue weighted by Crippen LogP contribution is 2.23.